The molecule has 0 unspecified atom stereocenters. The van der Waals surface area contributed by atoms with Crippen molar-refractivity contribution >= 4 is 44.4 Å². The second kappa shape index (κ2) is 14.0. The number of likely N-dealkylation sites (tertiary alicyclic amines) is 1. The Labute approximate surface area is 298 Å². The van der Waals surface area contributed by atoms with E-state index >= 15 is 0 Å². The number of nitrogens with one attached hydrogen (secondary N) is 2. The highest BCUT2D eigenvalue weighted by Gasteiger charge is 2.41. The lowest BCUT2D eigenvalue weighted by atomic mass is 9.73. The highest BCUT2D eigenvalue weighted by atomic mass is 32.2. The minimum Gasteiger partial charge on any atom is -0.481 e. The molecule has 3 aromatic rings. The minimum atomic E-state index is -4.58. The third-order valence-corrected chi connectivity index (χ3v) is 12.0. The molecule has 0 atom stereocenters. The zero-order valence-electron chi connectivity index (χ0n) is 29.4. The van der Waals surface area contributed by atoms with E-state index in [1.807, 2.05) is 31.2 Å². The number of benzene rings is 2. The molecule has 13 heteroatoms. The second-order valence-electron chi connectivity index (χ2n) is 14.8. The van der Waals surface area contributed by atoms with Gasteiger partial charge >= 0.3 is 6.18 Å². The van der Waals surface area contributed by atoms with Gasteiger partial charge in [0.25, 0.3) is 0 Å². The van der Waals surface area contributed by atoms with Crippen LogP contribution in [0, 0.1) is 12.3 Å². The van der Waals surface area contributed by atoms with Crippen LogP contribution in [-0.2, 0) is 9.84 Å². The number of anilines is 2. The Hall–Kier alpha value is -3.68. The number of ether oxygens (including phenoxy) is 1. The van der Waals surface area contributed by atoms with E-state index in [9.17, 15) is 21.6 Å². The molecule has 0 radical (unpaired) electrons. The topological polar surface area (TPSA) is 99.7 Å². The first-order valence-electron chi connectivity index (χ1n) is 17.9. The van der Waals surface area contributed by atoms with Crippen LogP contribution in [0.15, 0.2) is 30.9 Å². The molecule has 2 N–H and O–H groups in total. The quantitative estimate of drug-likeness (QED) is 0.259. The summed E-state index contributed by atoms with van der Waals surface area (Å²) in [7, 11) is -3.09. The van der Waals surface area contributed by atoms with Crippen molar-refractivity contribution in [2.24, 2.45) is 5.41 Å². The molecule has 3 fully saturated rings. The fourth-order valence-electron chi connectivity index (χ4n) is 8.01. The van der Waals surface area contributed by atoms with Crippen LogP contribution in [0.2, 0.25) is 0 Å². The van der Waals surface area contributed by atoms with E-state index in [0.717, 1.165) is 74.4 Å². The summed E-state index contributed by atoms with van der Waals surface area (Å²) in [6.07, 6.45) is 6.71. The highest BCUT2D eigenvalue weighted by molar-refractivity contribution is 7.90. The molecule has 0 amide bonds. The van der Waals surface area contributed by atoms with Gasteiger partial charge in [-0.25, -0.2) is 18.4 Å². The molecule has 4 aliphatic rings. The van der Waals surface area contributed by atoms with Crippen molar-refractivity contribution in [2.45, 2.75) is 51.1 Å². The van der Waals surface area contributed by atoms with Crippen molar-refractivity contribution < 1.29 is 26.3 Å². The maximum absolute atomic E-state index is 14.0. The van der Waals surface area contributed by atoms with Gasteiger partial charge in [0.2, 0.25) is 0 Å². The Morgan fingerprint density at radius 1 is 1.10 bits per heavy atom. The Kier molecular flexibility index (Phi) is 9.83. The van der Waals surface area contributed by atoms with Crippen LogP contribution >= 0.6 is 0 Å². The third kappa shape index (κ3) is 7.61. The van der Waals surface area contributed by atoms with Gasteiger partial charge in [-0.05, 0) is 86.4 Å². The van der Waals surface area contributed by atoms with E-state index in [0.29, 0.717) is 66.1 Å². The van der Waals surface area contributed by atoms with Crippen molar-refractivity contribution in [3.8, 4) is 16.9 Å². The lowest BCUT2D eigenvalue weighted by Gasteiger charge is -2.48. The third-order valence-electron chi connectivity index (χ3n) is 11.0. The summed E-state index contributed by atoms with van der Waals surface area (Å²) in [5, 5.41) is 7.54. The minimum absolute atomic E-state index is 0.0468. The number of nitrogens with zero attached hydrogens (tertiary/aromatic N) is 4. The number of halogens is 3. The zero-order valence-corrected chi connectivity index (χ0v) is 30.2. The van der Waals surface area contributed by atoms with E-state index < -0.39 is 22.6 Å². The van der Waals surface area contributed by atoms with Crippen molar-refractivity contribution in [3.63, 3.8) is 0 Å². The molecular formula is C38H47F3N6O3S. The van der Waals surface area contributed by atoms with E-state index in [4.69, 9.17) is 14.7 Å². The molecular weight excluding hydrogens is 678 g/mol. The van der Waals surface area contributed by atoms with Gasteiger partial charge in [-0.1, -0.05) is 30.9 Å². The van der Waals surface area contributed by atoms with Gasteiger partial charge in [0.05, 0.1) is 5.75 Å². The number of aromatic nitrogens is 2. The van der Waals surface area contributed by atoms with Crippen molar-refractivity contribution in [3.05, 3.63) is 53.4 Å². The van der Waals surface area contributed by atoms with Crippen LogP contribution in [0.3, 0.4) is 0 Å². The van der Waals surface area contributed by atoms with Gasteiger partial charge < -0.3 is 25.2 Å². The second-order valence-corrected chi connectivity index (χ2v) is 17.0. The Morgan fingerprint density at radius 3 is 2.49 bits per heavy atom. The number of piperidine rings is 2. The van der Waals surface area contributed by atoms with Crippen LogP contribution in [-0.4, -0.2) is 100 Å². The predicted octanol–water partition coefficient (Wildman–Crippen LogP) is 6.43. The molecule has 2 aromatic carbocycles. The molecule has 9 nitrogen and oxygen atoms in total. The number of rotatable bonds is 9. The average molecular weight is 725 g/mol. The lowest BCUT2D eigenvalue weighted by molar-refractivity contribution is -0.153. The SMILES string of the molecule is C=Cc1cc2c(N3CCC4(CC3)CNC4)nc(C3CCN(CCS(C)(=O)=O)CC3)nc2c(OCC(F)(F)F)c1-c1c(C)ccc2c1C=CCCN2. The predicted molar refractivity (Wildman–Crippen MR) is 198 cm³/mol. The number of hydrogen-bond donors (Lipinski definition) is 2. The van der Waals surface area contributed by atoms with Gasteiger partial charge in [-0.3, -0.25) is 0 Å². The molecule has 5 heterocycles. The summed E-state index contributed by atoms with van der Waals surface area (Å²) in [6, 6.07) is 5.97. The molecule has 0 aliphatic carbocycles. The summed E-state index contributed by atoms with van der Waals surface area (Å²) in [4.78, 5) is 14.8. The van der Waals surface area contributed by atoms with Crippen LogP contribution in [0.4, 0.5) is 24.7 Å². The number of aryl methyl sites for hydroxylation is 1. The molecule has 1 aromatic heterocycles. The smallest absolute Gasteiger partial charge is 0.422 e. The summed E-state index contributed by atoms with van der Waals surface area (Å²) < 4.78 is 71.7. The summed E-state index contributed by atoms with van der Waals surface area (Å²) in [5.41, 5.74) is 5.31. The van der Waals surface area contributed by atoms with E-state index in [-0.39, 0.29) is 22.8 Å². The monoisotopic (exact) mass is 724 g/mol. The Balaban J connectivity index is 1.40. The largest absolute Gasteiger partial charge is 0.481 e. The van der Waals surface area contributed by atoms with Crippen molar-refractivity contribution in [1.29, 1.82) is 0 Å². The molecule has 0 bridgehead atoms. The fraction of sp³-hybridized carbons (Fsp3) is 0.526. The van der Waals surface area contributed by atoms with Crippen LogP contribution in [0.25, 0.3) is 34.2 Å². The van der Waals surface area contributed by atoms with E-state index in [1.165, 1.54) is 6.26 Å². The summed E-state index contributed by atoms with van der Waals surface area (Å²) in [5.74, 6) is 1.44. The Bertz CT molecular complexity index is 1940. The molecule has 3 saturated heterocycles. The number of hydrogen-bond acceptors (Lipinski definition) is 9. The maximum atomic E-state index is 14.0. The van der Waals surface area contributed by atoms with Crippen molar-refractivity contribution in [2.75, 3.05) is 81.2 Å². The average Bonchev–Trinajstić information content (AvgIpc) is 3.34. The molecule has 1 spiro atoms. The van der Waals surface area contributed by atoms with Gasteiger partial charge in [-0.15, -0.1) is 0 Å². The van der Waals surface area contributed by atoms with Gasteiger partial charge in [0.15, 0.2) is 12.4 Å². The first-order valence-corrected chi connectivity index (χ1v) is 20.0. The van der Waals surface area contributed by atoms with E-state index in [1.54, 1.807) is 6.08 Å². The normalized spacial score (nSPS) is 19.7. The highest BCUT2D eigenvalue weighted by Crippen LogP contribution is 2.48. The molecule has 4 aliphatic heterocycles. The molecule has 51 heavy (non-hydrogen) atoms. The fourth-order valence-corrected chi connectivity index (χ4v) is 8.60. The van der Waals surface area contributed by atoms with Gasteiger partial charge in [0.1, 0.15) is 27.0 Å². The lowest BCUT2D eigenvalue weighted by Crippen LogP contribution is -2.58. The first-order chi connectivity index (χ1) is 24.3. The Morgan fingerprint density at radius 2 is 1.84 bits per heavy atom. The molecule has 7 rings (SSSR count). The van der Waals surface area contributed by atoms with Gasteiger partial charge in [-0.2, -0.15) is 13.2 Å². The van der Waals surface area contributed by atoms with E-state index in [2.05, 4.69) is 33.1 Å². The standard InChI is InChI=1S/C38H47F3N6O3S/c1-4-26-21-29-33(34(50-24-38(39,40)41)32(26)31-25(2)8-9-30-28(31)7-5-6-14-43-30)44-35(27-10-15-46(16-11-27)19-20-51(3,48)49)45-36(29)47-17-12-37(13-18-47)22-42-23-37/h4-5,7-9,21,27,42-43H,1,6,10-20,22-24H2,2-3H3. The number of fused-ring (bicyclic) bond motifs is 2. The zero-order chi connectivity index (χ0) is 36.0. The van der Waals surface area contributed by atoms with Gasteiger partial charge in [0, 0.05) is 73.6 Å². The summed E-state index contributed by atoms with van der Waals surface area (Å²) in [6.45, 7) is 10.8. The first kappa shape index (κ1) is 35.7. The molecule has 274 valence electrons. The summed E-state index contributed by atoms with van der Waals surface area (Å²) >= 11 is 0. The van der Waals surface area contributed by atoms with Crippen molar-refractivity contribution in [1.82, 2.24) is 20.2 Å². The van der Waals surface area contributed by atoms with Crippen LogP contribution in [0.5, 0.6) is 5.75 Å². The maximum Gasteiger partial charge on any atom is 0.422 e. The van der Waals surface area contributed by atoms with Crippen LogP contribution < -0.4 is 20.3 Å². The molecule has 0 saturated carbocycles. The van der Waals surface area contributed by atoms with Crippen LogP contribution in [0.1, 0.15) is 60.5 Å². The number of alkyl halides is 3. The number of sulfone groups is 1.